The number of hydrogen-bond acceptors (Lipinski definition) is 8. The zero-order valence-electron chi connectivity index (χ0n) is 22.0. The summed E-state index contributed by atoms with van der Waals surface area (Å²) in [6.07, 6.45) is 7.17. The van der Waals surface area contributed by atoms with Gasteiger partial charge in [0, 0.05) is 66.7 Å². The third kappa shape index (κ3) is 5.51. The van der Waals surface area contributed by atoms with E-state index in [1.165, 1.54) is 0 Å². The van der Waals surface area contributed by atoms with Gasteiger partial charge in [0.2, 0.25) is 5.88 Å². The molecule has 38 heavy (non-hydrogen) atoms. The fourth-order valence-corrected chi connectivity index (χ4v) is 4.34. The van der Waals surface area contributed by atoms with E-state index >= 15 is 0 Å². The van der Waals surface area contributed by atoms with Gasteiger partial charge in [-0.05, 0) is 37.1 Å². The standard InChI is InChI=1S/C29H30N6O3/c1-34-19-20(17-31-34)28-18-30-26-11-10-22(15-27(26)33-28)35(23-13-24(36-2)16-25(14-23)37-3)12-6-8-21-7-5-9-29(32-21)38-4/h5,7,9-11,13-19H,6,8,12H2,1-4H3. The molecular formula is C29H30N6O3. The van der Waals surface area contributed by atoms with Crippen LogP contribution in [0.2, 0.25) is 0 Å². The Morgan fingerprint density at radius 2 is 1.63 bits per heavy atom. The van der Waals surface area contributed by atoms with E-state index in [1.54, 1.807) is 38.4 Å². The summed E-state index contributed by atoms with van der Waals surface area (Å²) < 4.78 is 18.2. The predicted octanol–water partition coefficient (Wildman–Crippen LogP) is 5.22. The first kappa shape index (κ1) is 25.0. The summed E-state index contributed by atoms with van der Waals surface area (Å²) in [5, 5.41) is 4.26. The molecule has 0 N–H and O–H groups in total. The van der Waals surface area contributed by atoms with Crippen LogP contribution in [-0.2, 0) is 13.5 Å². The first-order valence-corrected chi connectivity index (χ1v) is 12.3. The molecule has 0 aliphatic carbocycles. The summed E-state index contributed by atoms with van der Waals surface area (Å²) in [5.74, 6) is 2.06. The number of rotatable bonds is 10. The van der Waals surface area contributed by atoms with Gasteiger partial charge in [-0.25, -0.2) is 9.97 Å². The molecule has 0 spiro atoms. The minimum Gasteiger partial charge on any atom is -0.497 e. The van der Waals surface area contributed by atoms with E-state index in [9.17, 15) is 0 Å². The molecule has 2 aromatic carbocycles. The molecule has 5 rings (SSSR count). The predicted molar refractivity (Wildman–Crippen MR) is 147 cm³/mol. The van der Waals surface area contributed by atoms with E-state index in [1.807, 2.05) is 55.7 Å². The maximum absolute atomic E-state index is 5.56. The zero-order chi connectivity index (χ0) is 26.5. The van der Waals surface area contributed by atoms with Gasteiger partial charge in [0.1, 0.15) is 11.5 Å². The van der Waals surface area contributed by atoms with Crippen molar-refractivity contribution in [2.45, 2.75) is 12.8 Å². The maximum Gasteiger partial charge on any atom is 0.213 e. The molecule has 5 aromatic rings. The van der Waals surface area contributed by atoms with E-state index in [0.29, 0.717) is 5.88 Å². The quantitative estimate of drug-likeness (QED) is 0.253. The Morgan fingerprint density at radius 3 is 2.34 bits per heavy atom. The number of pyridine rings is 1. The molecule has 0 radical (unpaired) electrons. The average Bonchev–Trinajstić information content (AvgIpc) is 3.40. The zero-order valence-corrected chi connectivity index (χ0v) is 22.0. The number of fused-ring (bicyclic) bond motifs is 1. The molecule has 0 amide bonds. The van der Waals surface area contributed by atoms with Gasteiger partial charge in [-0.3, -0.25) is 9.67 Å². The highest BCUT2D eigenvalue weighted by atomic mass is 16.5. The molecule has 0 bridgehead atoms. The Labute approximate surface area is 221 Å². The van der Waals surface area contributed by atoms with Crippen molar-refractivity contribution in [3.63, 3.8) is 0 Å². The lowest BCUT2D eigenvalue weighted by Crippen LogP contribution is -2.19. The molecule has 3 heterocycles. The van der Waals surface area contributed by atoms with Gasteiger partial charge >= 0.3 is 0 Å². The van der Waals surface area contributed by atoms with Crippen LogP contribution >= 0.6 is 0 Å². The first-order chi connectivity index (χ1) is 18.6. The van der Waals surface area contributed by atoms with Crippen LogP contribution in [-0.4, -0.2) is 52.6 Å². The Bertz CT molecular complexity index is 1530. The smallest absolute Gasteiger partial charge is 0.213 e. The van der Waals surface area contributed by atoms with Crippen molar-refractivity contribution in [2.24, 2.45) is 7.05 Å². The van der Waals surface area contributed by atoms with Gasteiger partial charge in [0.25, 0.3) is 0 Å². The lowest BCUT2D eigenvalue weighted by molar-refractivity contribution is 0.394. The highest BCUT2D eigenvalue weighted by Gasteiger charge is 2.15. The van der Waals surface area contributed by atoms with Crippen LogP contribution in [0.25, 0.3) is 22.3 Å². The second kappa shape index (κ2) is 11.2. The van der Waals surface area contributed by atoms with Crippen LogP contribution in [0.4, 0.5) is 11.4 Å². The molecule has 9 nitrogen and oxygen atoms in total. The fraction of sp³-hybridized carbons (Fsp3) is 0.241. The van der Waals surface area contributed by atoms with Crippen LogP contribution < -0.4 is 19.1 Å². The number of anilines is 2. The Hall–Kier alpha value is -4.66. The van der Waals surface area contributed by atoms with Crippen molar-refractivity contribution >= 4 is 22.4 Å². The van der Waals surface area contributed by atoms with E-state index < -0.39 is 0 Å². The van der Waals surface area contributed by atoms with Crippen molar-refractivity contribution < 1.29 is 14.2 Å². The van der Waals surface area contributed by atoms with Crippen LogP contribution in [0.15, 0.2) is 73.2 Å². The summed E-state index contributed by atoms with van der Waals surface area (Å²) in [4.78, 5) is 16.3. The lowest BCUT2D eigenvalue weighted by atomic mass is 10.1. The number of ether oxygens (including phenoxy) is 3. The number of aryl methyl sites for hydroxylation is 2. The van der Waals surface area contributed by atoms with Gasteiger partial charge in [-0.2, -0.15) is 5.10 Å². The van der Waals surface area contributed by atoms with E-state index in [2.05, 4.69) is 32.1 Å². The van der Waals surface area contributed by atoms with Crippen molar-refractivity contribution in [1.29, 1.82) is 0 Å². The van der Waals surface area contributed by atoms with Crippen LogP contribution in [0.1, 0.15) is 12.1 Å². The molecule has 0 saturated carbocycles. The molecule has 9 heteroatoms. The highest BCUT2D eigenvalue weighted by molar-refractivity contribution is 5.82. The second-order valence-corrected chi connectivity index (χ2v) is 8.83. The summed E-state index contributed by atoms with van der Waals surface area (Å²) in [6.45, 7) is 0.733. The summed E-state index contributed by atoms with van der Waals surface area (Å²) in [6, 6.07) is 17.9. The van der Waals surface area contributed by atoms with Crippen molar-refractivity contribution in [3.8, 4) is 28.6 Å². The van der Waals surface area contributed by atoms with Gasteiger partial charge in [0.05, 0.1) is 50.5 Å². The Morgan fingerprint density at radius 1 is 0.816 bits per heavy atom. The molecular weight excluding hydrogens is 480 g/mol. The second-order valence-electron chi connectivity index (χ2n) is 8.83. The van der Waals surface area contributed by atoms with E-state index in [-0.39, 0.29) is 0 Å². The molecule has 194 valence electrons. The Kier molecular flexibility index (Phi) is 7.35. The van der Waals surface area contributed by atoms with Crippen molar-refractivity contribution in [2.75, 3.05) is 32.8 Å². The van der Waals surface area contributed by atoms with Crippen LogP contribution in [0.3, 0.4) is 0 Å². The molecule has 0 fully saturated rings. The molecule has 0 saturated heterocycles. The van der Waals surface area contributed by atoms with Gasteiger partial charge in [-0.15, -0.1) is 0 Å². The summed E-state index contributed by atoms with van der Waals surface area (Å²) >= 11 is 0. The normalized spacial score (nSPS) is 10.9. The fourth-order valence-electron chi connectivity index (χ4n) is 4.34. The van der Waals surface area contributed by atoms with E-state index in [0.717, 1.165) is 70.2 Å². The summed E-state index contributed by atoms with van der Waals surface area (Å²) in [5.41, 5.74) is 6.26. The number of nitrogens with zero attached hydrogens (tertiary/aromatic N) is 6. The topological polar surface area (TPSA) is 87.4 Å². The minimum atomic E-state index is 0.620. The summed E-state index contributed by atoms with van der Waals surface area (Å²) in [7, 11) is 6.83. The average molecular weight is 511 g/mol. The lowest BCUT2D eigenvalue weighted by Gasteiger charge is -2.26. The molecule has 0 aliphatic rings. The SMILES string of the molecule is COc1cc(OC)cc(N(CCCc2cccc(OC)n2)c2ccc3ncc(-c4cnn(C)c4)nc3c2)c1. The third-order valence-corrected chi connectivity index (χ3v) is 6.29. The van der Waals surface area contributed by atoms with Crippen LogP contribution in [0, 0.1) is 0 Å². The molecule has 0 atom stereocenters. The highest BCUT2D eigenvalue weighted by Crippen LogP contribution is 2.34. The van der Waals surface area contributed by atoms with Crippen LogP contribution in [0.5, 0.6) is 17.4 Å². The Balaban J connectivity index is 1.50. The van der Waals surface area contributed by atoms with Gasteiger partial charge in [0.15, 0.2) is 0 Å². The third-order valence-electron chi connectivity index (χ3n) is 6.29. The number of hydrogen-bond donors (Lipinski definition) is 0. The number of aromatic nitrogens is 5. The monoisotopic (exact) mass is 510 g/mol. The molecule has 0 aliphatic heterocycles. The molecule has 3 aromatic heterocycles. The minimum absolute atomic E-state index is 0.620. The van der Waals surface area contributed by atoms with Crippen molar-refractivity contribution in [3.05, 3.63) is 78.9 Å². The number of benzene rings is 2. The first-order valence-electron chi connectivity index (χ1n) is 12.3. The molecule has 0 unspecified atom stereocenters. The largest absolute Gasteiger partial charge is 0.497 e. The van der Waals surface area contributed by atoms with Gasteiger partial charge < -0.3 is 19.1 Å². The van der Waals surface area contributed by atoms with Gasteiger partial charge in [-0.1, -0.05) is 6.07 Å². The van der Waals surface area contributed by atoms with Crippen molar-refractivity contribution in [1.82, 2.24) is 24.7 Å². The maximum atomic E-state index is 5.56. The van der Waals surface area contributed by atoms with E-state index in [4.69, 9.17) is 19.2 Å². The number of methoxy groups -OCH3 is 3.